The van der Waals surface area contributed by atoms with Gasteiger partial charge in [0.2, 0.25) is 0 Å². The summed E-state index contributed by atoms with van der Waals surface area (Å²) in [5, 5.41) is 0. The molecule has 0 aliphatic heterocycles. The second kappa shape index (κ2) is 4.83. The monoisotopic (exact) mass is 155 g/mol. The van der Waals surface area contributed by atoms with Crippen LogP contribution in [0.25, 0.3) is 0 Å². The van der Waals surface area contributed by atoms with Crippen LogP contribution in [0.5, 0.6) is 0 Å². The summed E-state index contributed by atoms with van der Waals surface area (Å²) in [6.07, 6.45) is 2.24. The molecule has 0 saturated heterocycles. The highest BCUT2D eigenvalue weighted by molar-refractivity contribution is 5.92. The maximum atomic E-state index is 12.5. The summed E-state index contributed by atoms with van der Waals surface area (Å²) >= 11 is 0. The van der Waals surface area contributed by atoms with E-state index in [0.29, 0.717) is 5.57 Å². The molecule has 2 heteroatoms. The quantitative estimate of drug-likeness (QED) is 0.556. The Labute approximate surface area is 67.3 Å². The molecule has 0 amide bonds. The highest BCUT2D eigenvalue weighted by Crippen LogP contribution is 2.04. The lowest BCUT2D eigenvalue weighted by molar-refractivity contribution is 0.410. The summed E-state index contributed by atoms with van der Waals surface area (Å²) < 4.78 is 12.5. The van der Waals surface area contributed by atoms with Gasteiger partial charge in [0.05, 0.1) is 0 Å². The standard InChI is InChI=1S/C9H14FN/c1-5-8(3)11-6-7(2)9(4)10/h5-6,9H,1H2,2-4H3/b7-6+,11-8-. The predicted octanol–water partition coefficient (Wildman–Crippen LogP) is 2.90. The summed E-state index contributed by atoms with van der Waals surface area (Å²) in [5.41, 5.74) is 1.43. The van der Waals surface area contributed by atoms with Crippen molar-refractivity contribution in [3.8, 4) is 0 Å². The van der Waals surface area contributed by atoms with Gasteiger partial charge >= 0.3 is 0 Å². The molecule has 0 saturated carbocycles. The van der Waals surface area contributed by atoms with Gasteiger partial charge in [-0.15, -0.1) is 0 Å². The molecule has 1 atom stereocenters. The maximum Gasteiger partial charge on any atom is 0.120 e. The molecule has 0 fully saturated rings. The zero-order chi connectivity index (χ0) is 8.85. The third kappa shape index (κ3) is 4.48. The van der Waals surface area contributed by atoms with Crippen molar-refractivity contribution in [2.24, 2.45) is 4.99 Å². The first-order valence-corrected chi connectivity index (χ1v) is 3.55. The van der Waals surface area contributed by atoms with Crippen LogP contribution in [-0.2, 0) is 0 Å². The maximum absolute atomic E-state index is 12.5. The summed E-state index contributed by atoms with van der Waals surface area (Å²) in [6, 6.07) is 0. The largest absolute Gasteiger partial charge is 0.262 e. The summed E-state index contributed by atoms with van der Waals surface area (Å²) in [5.74, 6) is 0. The molecule has 0 aliphatic carbocycles. The molecular weight excluding hydrogens is 141 g/mol. The van der Waals surface area contributed by atoms with E-state index < -0.39 is 6.17 Å². The Morgan fingerprint density at radius 2 is 2.09 bits per heavy atom. The second-order valence-corrected chi connectivity index (χ2v) is 2.46. The van der Waals surface area contributed by atoms with E-state index in [2.05, 4.69) is 11.6 Å². The van der Waals surface area contributed by atoms with Crippen molar-refractivity contribution in [3.63, 3.8) is 0 Å². The van der Waals surface area contributed by atoms with E-state index >= 15 is 0 Å². The molecule has 1 nitrogen and oxygen atoms in total. The average molecular weight is 155 g/mol. The SMILES string of the molecule is C=C/C(C)=N\C=C(/C)C(C)F. The van der Waals surface area contributed by atoms with Crippen LogP contribution in [0.1, 0.15) is 20.8 Å². The summed E-state index contributed by atoms with van der Waals surface area (Å²) in [6.45, 7) is 8.55. The van der Waals surface area contributed by atoms with Gasteiger partial charge in [-0.1, -0.05) is 6.58 Å². The van der Waals surface area contributed by atoms with Crippen molar-refractivity contribution < 1.29 is 4.39 Å². The average Bonchev–Trinajstić information content (AvgIpc) is 1.99. The summed E-state index contributed by atoms with van der Waals surface area (Å²) in [4.78, 5) is 3.96. The van der Waals surface area contributed by atoms with Gasteiger partial charge in [-0.25, -0.2) is 4.39 Å². The molecule has 0 aromatic rings. The molecule has 0 aliphatic rings. The Balaban J connectivity index is 4.22. The van der Waals surface area contributed by atoms with Crippen LogP contribution in [0, 0.1) is 0 Å². The molecule has 0 aromatic heterocycles. The minimum absolute atomic E-state index is 0.631. The molecule has 0 N–H and O–H groups in total. The van der Waals surface area contributed by atoms with Crippen LogP contribution >= 0.6 is 0 Å². The Hall–Kier alpha value is -0.920. The second-order valence-electron chi connectivity index (χ2n) is 2.46. The van der Waals surface area contributed by atoms with Gasteiger partial charge in [0.25, 0.3) is 0 Å². The van der Waals surface area contributed by atoms with Gasteiger partial charge < -0.3 is 0 Å². The van der Waals surface area contributed by atoms with E-state index in [-0.39, 0.29) is 0 Å². The topological polar surface area (TPSA) is 12.4 Å². The molecule has 0 bridgehead atoms. The Bertz CT molecular complexity index is 190. The third-order valence-corrected chi connectivity index (χ3v) is 1.39. The number of rotatable bonds is 3. The predicted molar refractivity (Wildman–Crippen MR) is 47.6 cm³/mol. The molecule has 1 unspecified atom stereocenters. The van der Waals surface area contributed by atoms with E-state index in [0.717, 1.165) is 5.71 Å². The van der Waals surface area contributed by atoms with E-state index in [1.165, 1.54) is 13.1 Å². The number of hydrogen-bond donors (Lipinski definition) is 0. The van der Waals surface area contributed by atoms with Crippen LogP contribution < -0.4 is 0 Å². The van der Waals surface area contributed by atoms with Crippen molar-refractivity contribution in [2.75, 3.05) is 0 Å². The van der Waals surface area contributed by atoms with Crippen LogP contribution in [0.3, 0.4) is 0 Å². The number of allylic oxidation sites excluding steroid dienone is 2. The third-order valence-electron chi connectivity index (χ3n) is 1.39. The lowest BCUT2D eigenvalue weighted by Gasteiger charge is -1.97. The smallest absolute Gasteiger partial charge is 0.120 e. The molecule has 0 heterocycles. The molecule has 0 radical (unpaired) electrons. The number of nitrogens with zero attached hydrogens (tertiary/aromatic N) is 1. The highest BCUT2D eigenvalue weighted by atomic mass is 19.1. The van der Waals surface area contributed by atoms with Gasteiger partial charge in [-0.3, -0.25) is 4.99 Å². The first-order valence-electron chi connectivity index (χ1n) is 3.55. The lowest BCUT2D eigenvalue weighted by Crippen LogP contribution is -1.93. The number of aliphatic imine (C=N–C) groups is 1. The van der Waals surface area contributed by atoms with E-state index in [9.17, 15) is 4.39 Å². The number of hydrogen-bond acceptors (Lipinski definition) is 1. The van der Waals surface area contributed by atoms with Gasteiger partial charge in [0.1, 0.15) is 6.17 Å². The number of alkyl halides is 1. The molecule has 62 valence electrons. The first kappa shape index (κ1) is 10.1. The molecule has 11 heavy (non-hydrogen) atoms. The van der Waals surface area contributed by atoms with Gasteiger partial charge in [-0.2, -0.15) is 0 Å². The molecular formula is C9H14FN. The Kier molecular flexibility index (Phi) is 4.42. The van der Waals surface area contributed by atoms with Crippen molar-refractivity contribution in [1.82, 2.24) is 0 Å². The zero-order valence-electron chi connectivity index (χ0n) is 7.26. The van der Waals surface area contributed by atoms with Crippen LogP contribution in [0.4, 0.5) is 4.39 Å². The lowest BCUT2D eigenvalue weighted by atomic mass is 10.2. The molecule has 0 rings (SSSR count). The van der Waals surface area contributed by atoms with Crippen LogP contribution in [0.2, 0.25) is 0 Å². The van der Waals surface area contributed by atoms with Crippen LogP contribution in [0.15, 0.2) is 29.4 Å². The molecule has 0 aromatic carbocycles. The first-order chi connectivity index (χ1) is 5.07. The minimum atomic E-state index is -0.920. The Morgan fingerprint density at radius 1 is 1.55 bits per heavy atom. The fourth-order valence-corrected chi connectivity index (χ4v) is 0.359. The van der Waals surface area contributed by atoms with E-state index in [4.69, 9.17) is 0 Å². The van der Waals surface area contributed by atoms with Gasteiger partial charge in [0.15, 0.2) is 0 Å². The molecule has 0 spiro atoms. The summed E-state index contributed by atoms with van der Waals surface area (Å²) in [7, 11) is 0. The van der Waals surface area contributed by atoms with Crippen LogP contribution in [-0.4, -0.2) is 11.9 Å². The highest BCUT2D eigenvalue weighted by Gasteiger charge is 1.97. The van der Waals surface area contributed by atoms with E-state index in [1.807, 2.05) is 6.92 Å². The fraction of sp³-hybridized carbons (Fsp3) is 0.444. The van der Waals surface area contributed by atoms with Crippen molar-refractivity contribution in [3.05, 3.63) is 24.4 Å². The Morgan fingerprint density at radius 3 is 2.45 bits per heavy atom. The minimum Gasteiger partial charge on any atom is -0.262 e. The van der Waals surface area contributed by atoms with Crippen molar-refractivity contribution in [2.45, 2.75) is 26.9 Å². The van der Waals surface area contributed by atoms with Gasteiger partial charge in [-0.05, 0) is 32.4 Å². The zero-order valence-corrected chi connectivity index (χ0v) is 7.26. The van der Waals surface area contributed by atoms with E-state index in [1.54, 1.807) is 13.0 Å². The van der Waals surface area contributed by atoms with Crippen molar-refractivity contribution in [1.29, 1.82) is 0 Å². The number of halogens is 1. The van der Waals surface area contributed by atoms with Gasteiger partial charge in [0, 0.05) is 11.9 Å². The fourth-order valence-electron chi connectivity index (χ4n) is 0.359. The normalized spacial score (nSPS) is 16.4. The van der Waals surface area contributed by atoms with Crippen molar-refractivity contribution >= 4 is 5.71 Å².